The fourth-order valence-corrected chi connectivity index (χ4v) is 5.89. The molecule has 0 saturated heterocycles. The van der Waals surface area contributed by atoms with Crippen LogP contribution in [0.5, 0.6) is 5.75 Å². The summed E-state index contributed by atoms with van der Waals surface area (Å²) in [5.74, 6) is -1.92. The maximum absolute atomic E-state index is 13.2. The van der Waals surface area contributed by atoms with E-state index in [0.717, 1.165) is 47.8 Å². The van der Waals surface area contributed by atoms with E-state index in [-0.39, 0.29) is 23.6 Å². The van der Waals surface area contributed by atoms with Gasteiger partial charge in [0, 0.05) is 12.1 Å². The molecule has 234 valence electrons. The van der Waals surface area contributed by atoms with Crippen molar-refractivity contribution in [3.8, 4) is 5.75 Å². The van der Waals surface area contributed by atoms with Gasteiger partial charge in [0.25, 0.3) is 5.91 Å². The van der Waals surface area contributed by atoms with E-state index in [4.69, 9.17) is 5.11 Å². The number of thiazole rings is 1. The Balaban J connectivity index is 1.37. The number of ether oxygens (including phenoxy) is 1. The molecule has 13 heteroatoms. The number of para-hydroxylation sites is 1. The second kappa shape index (κ2) is 13.8. The number of carbonyl (C=O) groups is 3. The van der Waals surface area contributed by atoms with Gasteiger partial charge in [-0.3, -0.25) is 14.9 Å². The summed E-state index contributed by atoms with van der Waals surface area (Å²) in [6.45, 7) is -0.0152. The summed E-state index contributed by atoms with van der Waals surface area (Å²) in [6.07, 6.45) is 1.47. The standard InChI is InChI=1S/C32H29F3N4O5S/c33-32(34,35)44-24-7-4-8-25-28(24)38-31(45-25)39-30(43)37-27(21-11-9-20(10-12-21)19-5-2-1-3-6-19)22-13-15-23(16-14-22)29(42)36-18-17-26(40)41/h4-5,7-16,27H,1-3,6,17-18H2,(H,36,42)(H,40,41)(H2,37,38,39,43). The average molecular weight is 639 g/mol. The van der Waals surface area contributed by atoms with Crippen LogP contribution in [-0.2, 0) is 4.79 Å². The van der Waals surface area contributed by atoms with E-state index < -0.39 is 36.1 Å². The average Bonchev–Trinajstić information content (AvgIpc) is 3.43. The van der Waals surface area contributed by atoms with Crippen molar-refractivity contribution in [3.63, 3.8) is 0 Å². The molecule has 0 saturated carbocycles. The van der Waals surface area contributed by atoms with E-state index >= 15 is 0 Å². The number of rotatable bonds is 10. The number of alkyl halides is 3. The maximum atomic E-state index is 13.2. The first kappa shape index (κ1) is 31.5. The van der Waals surface area contributed by atoms with Gasteiger partial charge in [-0.05, 0) is 72.2 Å². The van der Waals surface area contributed by atoms with Crippen molar-refractivity contribution in [2.24, 2.45) is 0 Å². The molecule has 3 aromatic carbocycles. The van der Waals surface area contributed by atoms with E-state index in [2.05, 4.69) is 31.7 Å². The lowest BCUT2D eigenvalue weighted by molar-refractivity contribution is -0.274. The summed E-state index contributed by atoms with van der Waals surface area (Å²) in [5.41, 5.74) is 4.07. The number of carboxylic acid groups (broad SMARTS) is 1. The third-order valence-electron chi connectivity index (χ3n) is 7.14. The number of carbonyl (C=O) groups excluding carboxylic acids is 2. The highest BCUT2D eigenvalue weighted by atomic mass is 32.1. The van der Waals surface area contributed by atoms with Crippen LogP contribution in [-0.4, -0.2) is 40.9 Å². The third-order valence-corrected chi connectivity index (χ3v) is 8.08. The quantitative estimate of drug-likeness (QED) is 0.145. The number of nitrogens with zero attached hydrogens (tertiary/aromatic N) is 1. The van der Waals surface area contributed by atoms with Crippen molar-refractivity contribution in [2.45, 2.75) is 44.5 Å². The normalized spacial score (nSPS) is 13.9. The van der Waals surface area contributed by atoms with Crippen LogP contribution in [0.25, 0.3) is 15.8 Å². The largest absolute Gasteiger partial charge is 0.573 e. The Bertz CT molecular complexity index is 1720. The fraction of sp³-hybridized carbons (Fsp3) is 0.250. The molecule has 0 spiro atoms. The van der Waals surface area contributed by atoms with Crippen molar-refractivity contribution in [3.05, 3.63) is 95.1 Å². The molecule has 3 amide bonds. The number of allylic oxidation sites excluding steroid dienone is 2. The number of urea groups is 1. The van der Waals surface area contributed by atoms with Gasteiger partial charge in [0.05, 0.1) is 17.2 Å². The van der Waals surface area contributed by atoms with Crippen molar-refractivity contribution >= 4 is 50.2 Å². The minimum atomic E-state index is -4.89. The first-order valence-electron chi connectivity index (χ1n) is 14.2. The number of amides is 3. The molecule has 1 aliphatic rings. The minimum absolute atomic E-state index is 0.0152. The summed E-state index contributed by atoms with van der Waals surface area (Å²) in [6, 6.07) is 17.2. The molecular formula is C32H29F3N4O5S. The van der Waals surface area contributed by atoms with E-state index in [1.54, 1.807) is 30.3 Å². The molecule has 9 nitrogen and oxygen atoms in total. The zero-order valence-corrected chi connectivity index (χ0v) is 24.6. The Morgan fingerprint density at radius 3 is 2.33 bits per heavy atom. The highest BCUT2D eigenvalue weighted by molar-refractivity contribution is 7.22. The van der Waals surface area contributed by atoms with Gasteiger partial charge in [0.15, 0.2) is 10.9 Å². The molecule has 1 aliphatic carbocycles. The van der Waals surface area contributed by atoms with Gasteiger partial charge >= 0.3 is 18.4 Å². The zero-order valence-electron chi connectivity index (χ0n) is 23.8. The van der Waals surface area contributed by atoms with Crippen molar-refractivity contribution in [1.29, 1.82) is 0 Å². The second-order valence-corrected chi connectivity index (χ2v) is 11.4. The van der Waals surface area contributed by atoms with Crippen LogP contribution >= 0.6 is 11.3 Å². The second-order valence-electron chi connectivity index (χ2n) is 10.3. The minimum Gasteiger partial charge on any atom is -0.481 e. The lowest BCUT2D eigenvalue weighted by atomic mass is 9.91. The van der Waals surface area contributed by atoms with Crippen molar-refractivity contribution < 1.29 is 37.4 Å². The number of anilines is 1. The highest BCUT2D eigenvalue weighted by Gasteiger charge is 2.32. The molecule has 5 rings (SSSR count). The topological polar surface area (TPSA) is 130 Å². The number of fused-ring (bicyclic) bond motifs is 1. The number of aromatic nitrogens is 1. The van der Waals surface area contributed by atoms with Crippen LogP contribution < -0.4 is 20.7 Å². The maximum Gasteiger partial charge on any atom is 0.573 e. The zero-order chi connectivity index (χ0) is 32.0. The summed E-state index contributed by atoms with van der Waals surface area (Å²) < 4.78 is 43.1. The Kier molecular flexibility index (Phi) is 9.67. The lowest BCUT2D eigenvalue weighted by Crippen LogP contribution is -2.33. The van der Waals surface area contributed by atoms with Crippen LogP contribution in [0, 0.1) is 0 Å². The number of halogens is 3. The van der Waals surface area contributed by atoms with Crippen LogP contribution in [0.4, 0.5) is 23.1 Å². The molecule has 1 aromatic heterocycles. The number of hydrogen-bond acceptors (Lipinski definition) is 6. The summed E-state index contributed by atoms with van der Waals surface area (Å²) in [7, 11) is 0. The number of hydrogen-bond donors (Lipinski definition) is 4. The summed E-state index contributed by atoms with van der Waals surface area (Å²) in [4.78, 5) is 40.6. The van der Waals surface area contributed by atoms with E-state index in [9.17, 15) is 27.6 Å². The third kappa shape index (κ3) is 8.38. The highest BCUT2D eigenvalue weighted by Crippen LogP contribution is 2.35. The molecule has 45 heavy (non-hydrogen) atoms. The van der Waals surface area contributed by atoms with Gasteiger partial charge in [-0.2, -0.15) is 0 Å². The van der Waals surface area contributed by atoms with Crippen LogP contribution in [0.3, 0.4) is 0 Å². The van der Waals surface area contributed by atoms with Gasteiger partial charge in [0.2, 0.25) is 0 Å². The van der Waals surface area contributed by atoms with Gasteiger partial charge < -0.3 is 20.5 Å². The molecule has 0 fully saturated rings. The SMILES string of the molecule is O=C(O)CCNC(=O)c1ccc(C(NC(=O)Nc2nc3c(OC(F)(F)F)cccc3s2)c2ccc(C3=CCCCC3)cc2)cc1. The molecule has 0 radical (unpaired) electrons. The molecule has 1 unspecified atom stereocenters. The van der Waals surface area contributed by atoms with Gasteiger partial charge in [-0.15, -0.1) is 13.2 Å². The first-order valence-corrected chi connectivity index (χ1v) is 15.0. The Morgan fingerprint density at radius 1 is 0.978 bits per heavy atom. The Hall–Kier alpha value is -4.91. The summed E-state index contributed by atoms with van der Waals surface area (Å²) >= 11 is 0.998. The number of benzene rings is 3. The van der Waals surface area contributed by atoms with Gasteiger partial charge in [0.1, 0.15) is 5.52 Å². The number of carboxylic acids is 1. The van der Waals surface area contributed by atoms with Crippen LogP contribution in [0.15, 0.2) is 72.8 Å². The molecular weight excluding hydrogens is 609 g/mol. The smallest absolute Gasteiger partial charge is 0.481 e. The number of aliphatic carboxylic acids is 1. The Labute approximate surface area is 260 Å². The fourth-order valence-electron chi connectivity index (χ4n) is 5.01. The first-order chi connectivity index (χ1) is 21.6. The molecule has 4 aromatic rings. The van der Waals surface area contributed by atoms with Crippen molar-refractivity contribution in [2.75, 3.05) is 11.9 Å². The molecule has 1 heterocycles. The van der Waals surface area contributed by atoms with Crippen LogP contribution in [0.1, 0.15) is 65.2 Å². The number of nitrogens with one attached hydrogen (secondary N) is 3. The predicted octanol–water partition coefficient (Wildman–Crippen LogP) is 7.27. The van der Waals surface area contributed by atoms with Gasteiger partial charge in [-0.1, -0.05) is 59.9 Å². The molecule has 0 aliphatic heterocycles. The van der Waals surface area contributed by atoms with Crippen molar-refractivity contribution in [1.82, 2.24) is 15.6 Å². The molecule has 4 N–H and O–H groups in total. The molecule has 0 bridgehead atoms. The van der Waals surface area contributed by atoms with Crippen LogP contribution in [0.2, 0.25) is 0 Å². The van der Waals surface area contributed by atoms with E-state index in [1.165, 1.54) is 18.1 Å². The van der Waals surface area contributed by atoms with E-state index in [1.807, 2.05) is 24.3 Å². The monoisotopic (exact) mass is 638 g/mol. The Morgan fingerprint density at radius 2 is 1.69 bits per heavy atom. The van der Waals surface area contributed by atoms with E-state index in [0.29, 0.717) is 15.8 Å². The predicted molar refractivity (Wildman–Crippen MR) is 164 cm³/mol. The lowest BCUT2D eigenvalue weighted by Gasteiger charge is -2.21. The summed E-state index contributed by atoms with van der Waals surface area (Å²) in [5, 5.41) is 17.0. The molecule has 1 atom stereocenters. The van der Waals surface area contributed by atoms with Gasteiger partial charge in [-0.25, -0.2) is 9.78 Å².